The topological polar surface area (TPSA) is 69.6 Å². The molecule has 2 aromatic heterocycles. The van der Waals surface area contributed by atoms with Crippen LogP contribution in [0.25, 0.3) is 5.52 Å². The van der Waals surface area contributed by atoms with Crippen LogP contribution in [0.4, 0.5) is 5.69 Å². The number of esters is 1. The van der Waals surface area contributed by atoms with E-state index in [1.54, 1.807) is 29.8 Å². The van der Waals surface area contributed by atoms with Crippen molar-refractivity contribution in [1.29, 1.82) is 0 Å². The van der Waals surface area contributed by atoms with Crippen LogP contribution in [0, 0.1) is 0 Å². The Morgan fingerprint density at radius 1 is 1.53 bits per heavy atom. The summed E-state index contributed by atoms with van der Waals surface area (Å²) in [6, 6.07) is 3.48. The van der Waals surface area contributed by atoms with Crippen molar-refractivity contribution in [3.05, 3.63) is 29.6 Å². The number of nitrogen functional groups attached to an aromatic ring is 1. The highest BCUT2D eigenvalue weighted by atomic mass is 16.5. The Morgan fingerprint density at radius 3 is 2.94 bits per heavy atom. The molecule has 2 rings (SSSR count). The van der Waals surface area contributed by atoms with E-state index in [2.05, 4.69) is 5.10 Å². The largest absolute Gasteiger partial charge is 0.462 e. The van der Waals surface area contributed by atoms with E-state index in [-0.39, 0.29) is 5.97 Å². The Kier molecular flexibility index (Phi) is 2.99. The molecule has 0 aliphatic carbocycles. The van der Waals surface area contributed by atoms with Gasteiger partial charge in [0.05, 0.1) is 17.8 Å². The average Bonchev–Trinajstić information content (AvgIpc) is 2.66. The molecule has 0 spiro atoms. The second-order valence-corrected chi connectivity index (χ2v) is 3.69. The van der Waals surface area contributed by atoms with E-state index in [9.17, 15) is 4.79 Å². The van der Waals surface area contributed by atoms with Crippen LogP contribution in [0.3, 0.4) is 0 Å². The van der Waals surface area contributed by atoms with Crippen LogP contribution in [-0.2, 0) is 11.2 Å². The molecule has 0 amide bonds. The molecular formula is C12H15N3O2. The van der Waals surface area contributed by atoms with Gasteiger partial charge in [-0.15, -0.1) is 0 Å². The van der Waals surface area contributed by atoms with Crippen molar-refractivity contribution in [2.24, 2.45) is 0 Å². The van der Waals surface area contributed by atoms with Crippen molar-refractivity contribution in [1.82, 2.24) is 9.61 Å². The molecule has 17 heavy (non-hydrogen) atoms. The molecule has 0 unspecified atom stereocenters. The van der Waals surface area contributed by atoms with Gasteiger partial charge in [-0.3, -0.25) is 0 Å². The maximum atomic E-state index is 11.9. The van der Waals surface area contributed by atoms with Crippen LogP contribution >= 0.6 is 0 Å². The molecule has 2 aromatic rings. The highest BCUT2D eigenvalue weighted by molar-refractivity contribution is 5.98. The smallest absolute Gasteiger partial charge is 0.342 e. The van der Waals surface area contributed by atoms with E-state index in [4.69, 9.17) is 10.5 Å². The molecule has 0 aliphatic rings. The third kappa shape index (κ3) is 1.95. The summed E-state index contributed by atoms with van der Waals surface area (Å²) in [7, 11) is 0. The first kappa shape index (κ1) is 11.4. The van der Waals surface area contributed by atoms with E-state index < -0.39 is 0 Å². The summed E-state index contributed by atoms with van der Waals surface area (Å²) in [6.07, 6.45) is 2.42. The third-order valence-corrected chi connectivity index (χ3v) is 2.55. The summed E-state index contributed by atoms with van der Waals surface area (Å²) in [5, 5.41) is 4.34. The normalized spacial score (nSPS) is 10.7. The fraction of sp³-hybridized carbons (Fsp3) is 0.333. The summed E-state index contributed by atoms with van der Waals surface area (Å²) in [6.45, 7) is 4.08. The van der Waals surface area contributed by atoms with Gasteiger partial charge in [-0.05, 0) is 25.5 Å². The number of carbonyl (C=O) groups excluding carboxylic acids is 1. The molecule has 90 valence electrons. The van der Waals surface area contributed by atoms with E-state index in [0.29, 0.717) is 29.8 Å². The Hall–Kier alpha value is -2.04. The van der Waals surface area contributed by atoms with Gasteiger partial charge in [0.15, 0.2) is 0 Å². The molecule has 0 atom stereocenters. The van der Waals surface area contributed by atoms with Gasteiger partial charge in [0, 0.05) is 11.9 Å². The van der Waals surface area contributed by atoms with Gasteiger partial charge in [-0.1, -0.05) is 6.92 Å². The quantitative estimate of drug-likeness (QED) is 0.818. The van der Waals surface area contributed by atoms with Crippen molar-refractivity contribution in [3.8, 4) is 0 Å². The zero-order valence-electron chi connectivity index (χ0n) is 9.93. The number of ether oxygens (including phenoxy) is 1. The van der Waals surface area contributed by atoms with Crippen molar-refractivity contribution >= 4 is 17.2 Å². The van der Waals surface area contributed by atoms with Crippen LogP contribution in [0.5, 0.6) is 0 Å². The second kappa shape index (κ2) is 4.45. The zero-order chi connectivity index (χ0) is 12.4. The number of aryl methyl sites for hydroxylation is 1. The highest BCUT2D eigenvalue weighted by Crippen LogP contribution is 2.19. The van der Waals surface area contributed by atoms with Gasteiger partial charge in [0.2, 0.25) is 0 Å². The van der Waals surface area contributed by atoms with Crippen molar-refractivity contribution in [2.75, 3.05) is 12.3 Å². The fourth-order valence-corrected chi connectivity index (χ4v) is 1.78. The van der Waals surface area contributed by atoms with Crippen LogP contribution < -0.4 is 5.73 Å². The SMILES string of the molecule is CCOC(=O)c1c(CC)nn2ccc(N)cc12. The van der Waals surface area contributed by atoms with Gasteiger partial charge >= 0.3 is 5.97 Å². The fourth-order valence-electron chi connectivity index (χ4n) is 1.78. The predicted molar refractivity (Wildman–Crippen MR) is 64.9 cm³/mol. The molecule has 0 bridgehead atoms. The minimum Gasteiger partial charge on any atom is -0.462 e. The van der Waals surface area contributed by atoms with E-state index >= 15 is 0 Å². The number of carbonyl (C=O) groups is 1. The van der Waals surface area contributed by atoms with Crippen molar-refractivity contribution in [2.45, 2.75) is 20.3 Å². The number of aromatic nitrogens is 2. The van der Waals surface area contributed by atoms with Gasteiger partial charge in [0.1, 0.15) is 5.56 Å². The second-order valence-electron chi connectivity index (χ2n) is 3.69. The van der Waals surface area contributed by atoms with Gasteiger partial charge in [-0.25, -0.2) is 9.31 Å². The number of hydrogen-bond acceptors (Lipinski definition) is 4. The number of nitrogens with zero attached hydrogens (tertiary/aromatic N) is 2. The van der Waals surface area contributed by atoms with Crippen LogP contribution in [0.15, 0.2) is 18.3 Å². The minimum atomic E-state index is -0.343. The number of anilines is 1. The summed E-state index contributed by atoms with van der Waals surface area (Å²) in [5.74, 6) is -0.343. The van der Waals surface area contributed by atoms with Crippen LogP contribution in [0.1, 0.15) is 29.9 Å². The summed E-state index contributed by atoms with van der Waals surface area (Å²) in [5.41, 5.74) is 8.27. The highest BCUT2D eigenvalue weighted by Gasteiger charge is 2.19. The molecule has 5 heteroatoms. The third-order valence-electron chi connectivity index (χ3n) is 2.55. The molecule has 2 heterocycles. The van der Waals surface area contributed by atoms with Crippen LogP contribution in [0.2, 0.25) is 0 Å². The zero-order valence-corrected chi connectivity index (χ0v) is 9.93. The Balaban J connectivity index is 2.64. The van der Waals surface area contributed by atoms with E-state index in [1.165, 1.54) is 0 Å². The first-order valence-electron chi connectivity index (χ1n) is 5.61. The maximum Gasteiger partial charge on any atom is 0.342 e. The number of nitrogens with two attached hydrogens (primary N) is 1. The molecule has 5 nitrogen and oxygen atoms in total. The Labute approximate surface area is 99.2 Å². The maximum absolute atomic E-state index is 11.9. The van der Waals surface area contributed by atoms with Crippen molar-refractivity contribution < 1.29 is 9.53 Å². The van der Waals surface area contributed by atoms with Gasteiger partial charge < -0.3 is 10.5 Å². The molecule has 2 N–H and O–H groups in total. The minimum absolute atomic E-state index is 0.343. The lowest BCUT2D eigenvalue weighted by Crippen LogP contribution is -2.06. The number of pyridine rings is 1. The number of rotatable bonds is 3. The lowest BCUT2D eigenvalue weighted by atomic mass is 10.1. The molecule has 0 saturated heterocycles. The van der Waals surface area contributed by atoms with E-state index in [1.807, 2.05) is 6.92 Å². The number of fused-ring (bicyclic) bond motifs is 1. The summed E-state index contributed by atoms with van der Waals surface area (Å²) < 4.78 is 6.70. The van der Waals surface area contributed by atoms with Gasteiger partial charge in [0.25, 0.3) is 0 Å². The Morgan fingerprint density at radius 2 is 2.29 bits per heavy atom. The first-order valence-corrected chi connectivity index (χ1v) is 5.61. The molecular weight excluding hydrogens is 218 g/mol. The molecule has 0 fully saturated rings. The number of hydrogen-bond donors (Lipinski definition) is 1. The lowest BCUT2D eigenvalue weighted by Gasteiger charge is -2.01. The predicted octanol–water partition coefficient (Wildman–Crippen LogP) is 1.66. The van der Waals surface area contributed by atoms with Crippen molar-refractivity contribution in [3.63, 3.8) is 0 Å². The van der Waals surface area contributed by atoms with Gasteiger partial charge in [-0.2, -0.15) is 5.10 Å². The molecule has 0 aromatic carbocycles. The molecule has 0 radical (unpaired) electrons. The van der Waals surface area contributed by atoms with E-state index in [0.717, 1.165) is 5.69 Å². The lowest BCUT2D eigenvalue weighted by molar-refractivity contribution is 0.0527. The Bertz CT molecular complexity index is 560. The molecule has 0 saturated carbocycles. The monoisotopic (exact) mass is 233 g/mol. The van der Waals surface area contributed by atoms with Crippen LogP contribution in [-0.4, -0.2) is 22.2 Å². The average molecular weight is 233 g/mol. The standard InChI is InChI=1S/C12H15N3O2/c1-3-9-11(12(16)17-4-2)10-7-8(13)5-6-15(10)14-9/h5-7H,3-4,13H2,1-2H3. The summed E-state index contributed by atoms with van der Waals surface area (Å²) in [4.78, 5) is 11.9. The molecule has 0 aliphatic heterocycles. The summed E-state index contributed by atoms with van der Waals surface area (Å²) >= 11 is 0. The first-order chi connectivity index (χ1) is 8.17.